The van der Waals surface area contributed by atoms with Gasteiger partial charge in [-0.05, 0) is 61.2 Å². The summed E-state index contributed by atoms with van der Waals surface area (Å²) in [5.41, 5.74) is 0.965. The minimum absolute atomic E-state index is 0.0418. The van der Waals surface area contributed by atoms with Gasteiger partial charge >= 0.3 is 5.97 Å². The Morgan fingerprint density at radius 1 is 1.00 bits per heavy atom. The van der Waals surface area contributed by atoms with Crippen LogP contribution in [0.25, 0.3) is 0 Å². The van der Waals surface area contributed by atoms with Crippen molar-refractivity contribution < 1.29 is 18.8 Å². The van der Waals surface area contributed by atoms with E-state index in [9.17, 15) is 4.79 Å². The molecule has 30 heavy (non-hydrogen) atoms. The van der Waals surface area contributed by atoms with Gasteiger partial charge in [0.2, 0.25) is 0 Å². The Balaban J connectivity index is 1.27. The molecule has 4 nitrogen and oxygen atoms in total. The first-order valence-electron chi connectivity index (χ1n) is 12.3. The molecule has 0 aromatic rings. The molecule has 4 rings (SSSR count). The molecule has 0 aliphatic heterocycles. The van der Waals surface area contributed by atoms with Gasteiger partial charge in [0.05, 0.1) is 26.8 Å². The summed E-state index contributed by atoms with van der Waals surface area (Å²) < 4.78 is 13.2. The van der Waals surface area contributed by atoms with Crippen molar-refractivity contribution in [2.75, 3.05) is 33.8 Å². The van der Waals surface area contributed by atoms with Crippen LogP contribution >= 0.6 is 0 Å². The standard InChI is InChI=1S/C26H46NO3/c1-23(2)19-9-11-25(5,16-19)22(23)30-21(28)17-27(7,8)13-14-29-20-15-18-10-12-26(20,6)24(18,3)4/h18-20,22H,9-17H2,1-8H3/q+1/t18-,19+,20-,22-,25-,26-/m1/s1. The number of likely N-dealkylation sites (N-methyl/N-ethyl adjacent to an activating group) is 1. The van der Waals surface area contributed by atoms with E-state index in [-0.39, 0.29) is 22.9 Å². The zero-order valence-electron chi connectivity index (χ0n) is 20.8. The van der Waals surface area contributed by atoms with Crippen LogP contribution in [0, 0.1) is 33.5 Å². The quantitative estimate of drug-likeness (QED) is 0.427. The van der Waals surface area contributed by atoms with Crippen molar-refractivity contribution in [1.82, 2.24) is 0 Å². The molecule has 0 heterocycles. The molecule has 0 aromatic heterocycles. The average molecular weight is 421 g/mol. The Labute approximate surface area is 184 Å². The lowest BCUT2D eigenvalue weighted by Gasteiger charge is -2.42. The molecular weight excluding hydrogens is 374 g/mol. The van der Waals surface area contributed by atoms with Gasteiger partial charge in [-0.25, -0.2) is 4.79 Å². The minimum Gasteiger partial charge on any atom is -0.457 e. The fourth-order valence-electron chi connectivity index (χ4n) is 7.97. The normalized spacial score (nSPS) is 43.3. The van der Waals surface area contributed by atoms with E-state index in [0.717, 1.165) is 19.1 Å². The van der Waals surface area contributed by atoms with Gasteiger partial charge in [-0.1, -0.05) is 41.5 Å². The number of hydrogen-bond acceptors (Lipinski definition) is 3. The number of carbonyl (C=O) groups excluding carboxylic acids is 1. The summed E-state index contributed by atoms with van der Waals surface area (Å²) >= 11 is 0. The summed E-state index contributed by atoms with van der Waals surface area (Å²) in [6.07, 6.45) is 7.97. The van der Waals surface area contributed by atoms with E-state index in [4.69, 9.17) is 9.47 Å². The van der Waals surface area contributed by atoms with Crippen LogP contribution in [-0.2, 0) is 14.3 Å². The predicted molar refractivity (Wildman–Crippen MR) is 120 cm³/mol. The van der Waals surface area contributed by atoms with Crippen molar-refractivity contribution in [2.24, 2.45) is 33.5 Å². The largest absolute Gasteiger partial charge is 0.457 e. The monoisotopic (exact) mass is 420 g/mol. The molecule has 4 aliphatic rings. The molecule has 0 spiro atoms. The maximum Gasteiger partial charge on any atom is 0.362 e. The Kier molecular flexibility index (Phi) is 5.22. The molecule has 4 fully saturated rings. The molecule has 0 saturated heterocycles. The van der Waals surface area contributed by atoms with E-state index in [0.29, 0.717) is 33.9 Å². The third kappa shape index (κ3) is 3.36. The van der Waals surface area contributed by atoms with E-state index >= 15 is 0 Å². The van der Waals surface area contributed by atoms with Gasteiger partial charge in [-0.3, -0.25) is 0 Å². The second-order valence-corrected chi connectivity index (χ2v) is 13.6. The summed E-state index contributed by atoms with van der Waals surface area (Å²) in [5.74, 6) is 1.46. The lowest BCUT2D eigenvalue weighted by atomic mass is 9.70. The molecule has 172 valence electrons. The van der Waals surface area contributed by atoms with Crippen LogP contribution in [0.1, 0.15) is 80.1 Å². The van der Waals surface area contributed by atoms with Gasteiger partial charge in [-0.15, -0.1) is 0 Å². The smallest absolute Gasteiger partial charge is 0.362 e. The van der Waals surface area contributed by atoms with Gasteiger partial charge in [-0.2, -0.15) is 0 Å². The van der Waals surface area contributed by atoms with Crippen LogP contribution in [-0.4, -0.2) is 56.5 Å². The SMILES string of the molecule is CC1(C)[C@H]2CC[C@](C)(C2)[C@@H]1OC(=O)C[N+](C)(C)CCO[C@@H]1C[C@H]2CC[C@@]1(C)C2(C)C. The molecule has 4 heteroatoms. The average Bonchev–Trinajstić information content (AvgIpc) is 3.22. The van der Waals surface area contributed by atoms with Crippen LogP contribution in [0.2, 0.25) is 0 Å². The van der Waals surface area contributed by atoms with Gasteiger partial charge in [0, 0.05) is 10.8 Å². The van der Waals surface area contributed by atoms with Crippen LogP contribution in [0.4, 0.5) is 0 Å². The van der Waals surface area contributed by atoms with E-state index in [2.05, 4.69) is 55.6 Å². The summed E-state index contributed by atoms with van der Waals surface area (Å²) in [7, 11) is 4.26. The highest BCUT2D eigenvalue weighted by Crippen LogP contribution is 2.66. The highest BCUT2D eigenvalue weighted by Gasteiger charge is 2.62. The minimum atomic E-state index is -0.0418. The Morgan fingerprint density at radius 3 is 2.20 bits per heavy atom. The van der Waals surface area contributed by atoms with Crippen LogP contribution < -0.4 is 0 Å². The third-order valence-electron chi connectivity index (χ3n) is 10.7. The van der Waals surface area contributed by atoms with E-state index in [1.54, 1.807) is 0 Å². The first-order valence-corrected chi connectivity index (χ1v) is 12.3. The number of rotatable bonds is 7. The Bertz CT molecular complexity index is 694. The summed E-state index contributed by atoms with van der Waals surface area (Å²) in [6, 6.07) is 0. The summed E-state index contributed by atoms with van der Waals surface area (Å²) in [5, 5.41) is 0. The molecule has 0 radical (unpaired) electrons. The van der Waals surface area contributed by atoms with Crippen molar-refractivity contribution in [3.05, 3.63) is 0 Å². The molecular formula is C26H46NO3+. The van der Waals surface area contributed by atoms with Gasteiger partial charge < -0.3 is 14.0 Å². The number of esters is 1. The van der Waals surface area contributed by atoms with Crippen molar-refractivity contribution >= 4 is 5.97 Å². The zero-order valence-corrected chi connectivity index (χ0v) is 20.8. The predicted octanol–water partition coefficient (Wildman–Crippen LogP) is 5.05. The number of quaternary nitrogens is 1. The number of ether oxygens (including phenoxy) is 2. The lowest BCUT2D eigenvalue weighted by Crippen LogP contribution is -2.50. The maximum atomic E-state index is 12.9. The van der Waals surface area contributed by atoms with Crippen LogP contribution in [0.5, 0.6) is 0 Å². The Morgan fingerprint density at radius 2 is 1.67 bits per heavy atom. The van der Waals surface area contributed by atoms with Gasteiger partial charge in [0.1, 0.15) is 12.6 Å². The highest BCUT2D eigenvalue weighted by molar-refractivity contribution is 5.71. The fraction of sp³-hybridized carbons (Fsp3) is 0.962. The fourth-order valence-corrected chi connectivity index (χ4v) is 7.97. The maximum absolute atomic E-state index is 12.9. The molecule has 0 unspecified atom stereocenters. The molecule has 0 N–H and O–H groups in total. The van der Waals surface area contributed by atoms with Crippen LogP contribution in [0.3, 0.4) is 0 Å². The number of hydrogen-bond donors (Lipinski definition) is 0. The van der Waals surface area contributed by atoms with Crippen LogP contribution in [0.15, 0.2) is 0 Å². The molecule has 4 saturated carbocycles. The lowest BCUT2D eigenvalue weighted by molar-refractivity contribution is -0.883. The van der Waals surface area contributed by atoms with Crippen molar-refractivity contribution in [3.63, 3.8) is 0 Å². The van der Waals surface area contributed by atoms with Gasteiger partial charge in [0.15, 0.2) is 6.54 Å². The molecule has 0 aromatic carbocycles. The zero-order chi connectivity index (χ0) is 22.2. The Hall–Kier alpha value is -0.610. The van der Waals surface area contributed by atoms with E-state index in [1.807, 2.05) is 0 Å². The number of carbonyl (C=O) groups is 1. The third-order valence-corrected chi connectivity index (χ3v) is 10.7. The highest BCUT2D eigenvalue weighted by atomic mass is 16.5. The van der Waals surface area contributed by atoms with Gasteiger partial charge in [0.25, 0.3) is 0 Å². The van der Waals surface area contributed by atoms with Crippen molar-refractivity contribution in [2.45, 2.75) is 92.3 Å². The topological polar surface area (TPSA) is 35.5 Å². The summed E-state index contributed by atoms with van der Waals surface area (Å²) in [6.45, 7) is 16.2. The molecule has 4 bridgehead atoms. The van der Waals surface area contributed by atoms with E-state index < -0.39 is 0 Å². The first-order chi connectivity index (χ1) is 13.7. The second-order valence-electron chi connectivity index (χ2n) is 13.6. The van der Waals surface area contributed by atoms with Crippen molar-refractivity contribution in [1.29, 1.82) is 0 Å². The first kappa shape index (κ1) is 22.6. The molecule has 6 atom stereocenters. The van der Waals surface area contributed by atoms with E-state index in [1.165, 1.54) is 38.5 Å². The summed E-state index contributed by atoms with van der Waals surface area (Å²) in [4.78, 5) is 12.9. The second kappa shape index (κ2) is 6.94. The van der Waals surface area contributed by atoms with Crippen molar-refractivity contribution in [3.8, 4) is 0 Å². The molecule has 0 amide bonds. The number of fused-ring (bicyclic) bond motifs is 4. The number of nitrogens with zero attached hydrogens (tertiary/aromatic N) is 1. The molecule has 4 aliphatic carbocycles.